The summed E-state index contributed by atoms with van der Waals surface area (Å²) >= 11 is 0. The summed E-state index contributed by atoms with van der Waals surface area (Å²) in [5.41, 5.74) is 1.36. The maximum atomic E-state index is 13.4. The van der Waals surface area contributed by atoms with Gasteiger partial charge in [0.2, 0.25) is 0 Å². The molecule has 5 nitrogen and oxygen atoms in total. The van der Waals surface area contributed by atoms with Crippen LogP contribution in [-0.2, 0) is 0 Å². The maximum Gasteiger partial charge on any atom is 0.266 e. The fourth-order valence-corrected chi connectivity index (χ4v) is 3.18. The van der Waals surface area contributed by atoms with Crippen molar-refractivity contribution in [1.29, 1.82) is 0 Å². The van der Waals surface area contributed by atoms with E-state index in [2.05, 4.69) is 12.2 Å². The van der Waals surface area contributed by atoms with Crippen LogP contribution in [0.4, 0.5) is 0 Å². The van der Waals surface area contributed by atoms with Gasteiger partial charge in [0.15, 0.2) is 0 Å². The van der Waals surface area contributed by atoms with Crippen molar-refractivity contribution in [2.45, 2.75) is 39.7 Å². The zero-order valence-electron chi connectivity index (χ0n) is 16.2. The average molecular weight is 365 g/mol. The molecular weight excluding hydrogens is 338 g/mol. The highest BCUT2D eigenvalue weighted by molar-refractivity contribution is 5.78. The highest BCUT2D eigenvalue weighted by Crippen LogP contribution is 2.25. The van der Waals surface area contributed by atoms with E-state index in [-0.39, 0.29) is 11.6 Å². The number of hydrogen-bond acceptors (Lipinski definition) is 4. The van der Waals surface area contributed by atoms with Gasteiger partial charge in [0, 0.05) is 0 Å². The van der Waals surface area contributed by atoms with Gasteiger partial charge in [-0.2, -0.15) is 0 Å². The van der Waals surface area contributed by atoms with Gasteiger partial charge in [-0.1, -0.05) is 37.6 Å². The summed E-state index contributed by atoms with van der Waals surface area (Å²) < 4.78 is 7.48. The normalized spacial score (nSPS) is 12.3. The van der Waals surface area contributed by atoms with Crippen molar-refractivity contribution >= 4 is 10.9 Å². The molecule has 142 valence electrons. The van der Waals surface area contributed by atoms with E-state index in [1.807, 2.05) is 62.4 Å². The minimum Gasteiger partial charge on any atom is -0.492 e. The van der Waals surface area contributed by atoms with Crippen molar-refractivity contribution in [3.63, 3.8) is 0 Å². The number of rotatable bonds is 8. The molecular formula is C22H27N3O2. The Hall–Kier alpha value is -2.66. The Morgan fingerprint density at radius 2 is 1.85 bits per heavy atom. The molecule has 0 fully saturated rings. The predicted octanol–water partition coefficient (Wildman–Crippen LogP) is 4.24. The fourth-order valence-electron chi connectivity index (χ4n) is 3.18. The van der Waals surface area contributed by atoms with Gasteiger partial charge in [-0.3, -0.25) is 9.36 Å². The minimum atomic E-state index is -0.0769. The summed E-state index contributed by atoms with van der Waals surface area (Å²) in [7, 11) is 0. The standard InChI is InChI=1S/C22H27N3O2/c1-4-6-15-23-16(3)21-24-18-12-8-7-11-17(18)22(26)25(21)19-13-9-10-14-20(19)27-5-2/h7-14,16,23H,4-6,15H2,1-3H3. The second-order valence-corrected chi connectivity index (χ2v) is 6.56. The Morgan fingerprint density at radius 3 is 2.63 bits per heavy atom. The molecule has 0 saturated carbocycles. The quantitative estimate of drug-likeness (QED) is 0.607. The Bertz CT molecular complexity index is 965. The topological polar surface area (TPSA) is 56.2 Å². The van der Waals surface area contributed by atoms with Crippen LogP contribution in [-0.4, -0.2) is 22.7 Å². The summed E-state index contributed by atoms with van der Waals surface area (Å²) in [6.45, 7) is 7.56. The molecule has 1 unspecified atom stereocenters. The number of hydrogen-bond donors (Lipinski definition) is 1. The van der Waals surface area contributed by atoms with E-state index in [9.17, 15) is 4.79 Å². The first-order valence-electron chi connectivity index (χ1n) is 9.64. The van der Waals surface area contributed by atoms with E-state index >= 15 is 0 Å². The van der Waals surface area contributed by atoms with Gasteiger partial charge < -0.3 is 10.1 Å². The van der Waals surface area contributed by atoms with Crippen molar-refractivity contribution < 1.29 is 4.74 Å². The number of nitrogens with zero attached hydrogens (tertiary/aromatic N) is 2. The highest BCUT2D eigenvalue weighted by atomic mass is 16.5. The molecule has 1 heterocycles. The molecule has 0 spiro atoms. The first-order chi connectivity index (χ1) is 13.2. The van der Waals surface area contributed by atoms with E-state index in [1.165, 1.54) is 0 Å². The average Bonchev–Trinajstić information content (AvgIpc) is 2.69. The first-order valence-corrected chi connectivity index (χ1v) is 9.64. The molecule has 0 aliphatic rings. The lowest BCUT2D eigenvalue weighted by molar-refractivity contribution is 0.338. The molecule has 3 aromatic rings. The van der Waals surface area contributed by atoms with Crippen LogP contribution in [0.25, 0.3) is 16.6 Å². The summed E-state index contributed by atoms with van der Waals surface area (Å²) in [5.74, 6) is 1.38. The third-order valence-corrected chi connectivity index (χ3v) is 4.58. The molecule has 0 amide bonds. The van der Waals surface area contributed by atoms with Gasteiger partial charge in [0.25, 0.3) is 5.56 Å². The number of unbranched alkanes of at least 4 members (excludes halogenated alkanes) is 1. The first kappa shape index (κ1) is 19.1. The molecule has 1 aromatic heterocycles. The van der Waals surface area contributed by atoms with E-state index in [1.54, 1.807) is 4.57 Å². The Morgan fingerprint density at radius 1 is 1.11 bits per heavy atom. The second-order valence-electron chi connectivity index (χ2n) is 6.56. The maximum absolute atomic E-state index is 13.4. The molecule has 0 bridgehead atoms. The SMILES string of the molecule is CCCCNC(C)c1nc2ccccc2c(=O)n1-c1ccccc1OCC. The molecule has 1 atom stereocenters. The summed E-state index contributed by atoms with van der Waals surface area (Å²) in [6.07, 6.45) is 2.20. The van der Waals surface area contributed by atoms with E-state index < -0.39 is 0 Å². The summed E-state index contributed by atoms with van der Waals surface area (Å²) in [6, 6.07) is 15.0. The van der Waals surface area contributed by atoms with E-state index in [4.69, 9.17) is 9.72 Å². The van der Waals surface area contributed by atoms with Crippen LogP contribution in [0, 0.1) is 0 Å². The third-order valence-electron chi connectivity index (χ3n) is 4.58. The van der Waals surface area contributed by atoms with Gasteiger partial charge in [-0.15, -0.1) is 0 Å². The molecule has 1 N–H and O–H groups in total. The molecule has 0 radical (unpaired) electrons. The van der Waals surface area contributed by atoms with Crippen LogP contribution in [0.5, 0.6) is 5.75 Å². The molecule has 0 aliphatic heterocycles. The number of fused-ring (bicyclic) bond motifs is 1. The van der Waals surface area contributed by atoms with Crippen molar-refractivity contribution in [3.05, 3.63) is 64.7 Å². The monoisotopic (exact) mass is 365 g/mol. The smallest absolute Gasteiger partial charge is 0.266 e. The van der Waals surface area contributed by atoms with Gasteiger partial charge in [-0.05, 0) is 51.1 Å². The Balaban J connectivity index is 2.21. The minimum absolute atomic E-state index is 0.0662. The van der Waals surface area contributed by atoms with Crippen LogP contribution in [0.1, 0.15) is 45.5 Å². The predicted molar refractivity (Wildman–Crippen MR) is 110 cm³/mol. The zero-order valence-corrected chi connectivity index (χ0v) is 16.2. The van der Waals surface area contributed by atoms with E-state index in [0.717, 1.165) is 25.1 Å². The molecule has 3 rings (SSSR count). The molecule has 2 aromatic carbocycles. The van der Waals surface area contributed by atoms with Gasteiger partial charge >= 0.3 is 0 Å². The van der Waals surface area contributed by atoms with Crippen molar-refractivity contribution in [2.24, 2.45) is 0 Å². The molecule has 27 heavy (non-hydrogen) atoms. The lowest BCUT2D eigenvalue weighted by Gasteiger charge is -2.21. The van der Waals surface area contributed by atoms with Crippen molar-refractivity contribution in [1.82, 2.24) is 14.9 Å². The Kier molecular flexibility index (Phi) is 6.24. The molecule has 0 saturated heterocycles. The molecule has 0 aliphatic carbocycles. The van der Waals surface area contributed by atoms with Crippen molar-refractivity contribution in [3.8, 4) is 11.4 Å². The number of nitrogens with one attached hydrogen (secondary N) is 1. The van der Waals surface area contributed by atoms with Gasteiger partial charge in [0.1, 0.15) is 11.6 Å². The third kappa shape index (κ3) is 4.03. The fraction of sp³-hybridized carbons (Fsp3) is 0.364. The lowest BCUT2D eigenvalue weighted by Crippen LogP contribution is -2.30. The number of ether oxygens (including phenoxy) is 1. The molecule has 5 heteroatoms. The lowest BCUT2D eigenvalue weighted by atomic mass is 10.2. The van der Waals surface area contributed by atoms with Crippen LogP contribution in [0.15, 0.2) is 53.3 Å². The van der Waals surface area contributed by atoms with Crippen LogP contribution < -0.4 is 15.6 Å². The summed E-state index contributed by atoms with van der Waals surface area (Å²) in [4.78, 5) is 18.2. The number of para-hydroxylation sites is 3. The van der Waals surface area contributed by atoms with Gasteiger partial charge in [0.05, 0.1) is 29.2 Å². The van der Waals surface area contributed by atoms with Crippen LogP contribution in [0.3, 0.4) is 0 Å². The highest BCUT2D eigenvalue weighted by Gasteiger charge is 2.19. The van der Waals surface area contributed by atoms with Crippen LogP contribution >= 0.6 is 0 Å². The van der Waals surface area contributed by atoms with Crippen molar-refractivity contribution in [2.75, 3.05) is 13.2 Å². The number of benzene rings is 2. The Labute approximate surface area is 160 Å². The van der Waals surface area contributed by atoms with Gasteiger partial charge in [-0.25, -0.2) is 4.98 Å². The summed E-state index contributed by atoms with van der Waals surface area (Å²) in [5, 5.41) is 4.10. The largest absolute Gasteiger partial charge is 0.492 e. The zero-order chi connectivity index (χ0) is 19.2. The van der Waals surface area contributed by atoms with E-state index in [0.29, 0.717) is 29.1 Å². The van der Waals surface area contributed by atoms with Crippen LogP contribution in [0.2, 0.25) is 0 Å². The second kappa shape index (κ2) is 8.82. The number of aromatic nitrogens is 2.